The normalized spacial score (nSPS) is 33.2. The van der Waals surface area contributed by atoms with Crippen LogP contribution >= 0.6 is 0 Å². The van der Waals surface area contributed by atoms with Crippen LogP contribution in [0.2, 0.25) is 0 Å². The minimum atomic E-state index is 0.347. The molecule has 4 atom stereocenters. The molecule has 0 amide bonds. The Morgan fingerprint density at radius 2 is 2.15 bits per heavy atom. The van der Waals surface area contributed by atoms with E-state index in [-0.39, 0.29) is 0 Å². The average Bonchev–Trinajstić information content (AvgIpc) is 2.49. The highest BCUT2D eigenvalue weighted by Gasteiger charge is 2.24. The molecule has 0 aliphatic carbocycles. The molecule has 2 N–H and O–H groups in total. The predicted molar refractivity (Wildman–Crippen MR) is 55.6 cm³/mol. The highest BCUT2D eigenvalue weighted by Crippen LogP contribution is 2.25. The Morgan fingerprint density at radius 1 is 1.46 bits per heavy atom. The summed E-state index contributed by atoms with van der Waals surface area (Å²) in [6.45, 7) is 6.55. The molecule has 13 heavy (non-hydrogen) atoms. The number of rotatable bonds is 4. The van der Waals surface area contributed by atoms with Gasteiger partial charge in [0.25, 0.3) is 0 Å². The minimum Gasteiger partial charge on any atom is -0.375 e. The molecule has 1 heterocycles. The van der Waals surface area contributed by atoms with Gasteiger partial charge in [0.1, 0.15) is 0 Å². The fourth-order valence-corrected chi connectivity index (χ4v) is 2.05. The smallest absolute Gasteiger partial charge is 0.0582 e. The molecule has 1 saturated heterocycles. The molecule has 4 unspecified atom stereocenters. The molecular formula is C11H23NO. The van der Waals surface area contributed by atoms with Crippen LogP contribution in [0, 0.1) is 5.92 Å². The fraction of sp³-hybridized carbons (Fsp3) is 1.00. The van der Waals surface area contributed by atoms with Gasteiger partial charge in [-0.05, 0) is 38.5 Å². The van der Waals surface area contributed by atoms with Gasteiger partial charge < -0.3 is 10.5 Å². The van der Waals surface area contributed by atoms with Crippen molar-refractivity contribution in [2.24, 2.45) is 11.7 Å². The van der Waals surface area contributed by atoms with Gasteiger partial charge in [-0.25, -0.2) is 0 Å². The maximum atomic E-state index is 5.97. The van der Waals surface area contributed by atoms with Crippen molar-refractivity contribution >= 4 is 0 Å². The van der Waals surface area contributed by atoms with Crippen molar-refractivity contribution in [2.75, 3.05) is 0 Å². The van der Waals surface area contributed by atoms with Gasteiger partial charge in [0, 0.05) is 6.04 Å². The molecule has 1 rings (SSSR count). The van der Waals surface area contributed by atoms with E-state index in [9.17, 15) is 0 Å². The first-order valence-electron chi connectivity index (χ1n) is 5.54. The highest BCUT2D eigenvalue weighted by atomic mass is 16.5. The molecule has 1 aliphatic rings. The van der Waals surface area contributed by atoms with Crippen molar-refractivity contribution < 1.29 is 4.74 Å². The summed E-state index contributed by atoms with van der Waals surface area (Å²) < 4.78 is 5.77. The molecule has 2 heteroatoms. The van der Waals surface area contributed by atoms with E-state index in [1.807, 2.05) is 0 Å². The van der Waals surface area contributed by atoms with E-state index in [2.05, 4.69) is 20.8 Å². The topological polar surface area (TPSA) is 35.2 Å². The molecule has 2 nitrogen and oxygen atoms in total. The van der Waals surface area contributed by atoms with Gasteiger partial charge in [0.2, 0.25) is 0 Å². The van der Waals surface area contributed by atoms with Crippen LogP contribution in [0.1, 0.15) is 46.5 Å². The number of nitrogens with two attached hydrogens (primary N) is 1. The second kappa shape index (κ2) is 4.97. The molecule has 0 bridgehead atoms. The van der Waals surface area contributed by atoms with Crippen molar-refractivity contribution in [2.45, 2.75) is 64.7 Å². The molecule has 1 fully saturated rings. The molecule has 0 spiro atoms. The summed E-state index contributed by atoms with van der Waals surface area (Å²) in [6, 6.07) is 0.347. The molecular weight excluding hydrogens is 162 g/mol. The third-order valence-electron chi connectivity index (χ3n) is 3.16. The Hall–Kier alpha value is -0.0800. The van der Waals surface area contributed by atoms with E-state index in [0.717, 1.165) is 12.8 Å². The number of ether oxygens (including phenoxy) is 1. The highest BCUT2D eigenvalue weighted by molar-refractivity contribution is 4.76. The van der Waals surface area contributed by atoms with Gasteiger partial charge in [-0.1, -0.05) is 13.8 Å². The average molecular weight is 185 g/mol. The van der Waals surface area contributed by atoms with Gasteiger partial charge in [0.15, 0.2) is 0 Å². The van der Waals surface area contributed by atoms with Crippen molar-refractivity contribution in [3.63, 3.8) is 0 Å². The van der Waals surface area contributed by atoms with E-state index in [1.165, 1.54) is 12.8 Å². The second-order valence-electron chi connectivity index (χ2n) is 4.43. The van der Waals surface area contributed by atoms with Crippen LogP contribution in [0.25, 0.3) is 0 Å². The van der Waals surface area contributed by atoms with E-state index < -0.39 is 0 Å². The number of hydrogen-bond donors (Lipinski definition) is 1. The first kappa shape index (κ1) is 11.0. The maximum absolute atomic E-state index is 5.97. The van der Waals surface area contributed by atoms with Crippen LogP contribution < -0.4 is 5.73 Å². The van der Waals surface area contributed by atoms with Crippen LogP contribution in [0.4, 0.5) is 0 Å². The predicted octanol–water partition coefficient (Wildman–Crippen LogP) is 2.32. The third kappa shape index (κ3) is 3.28. The fourth-order valence-electron chi connectivity index (χ4n) is 2.05. The van der Waals surface area contributed by atoms with Crippen LogP contribution in [0.15, 0.2) is 0 Å². The van der Waals surface area contributed by atoms with Crippen LogP contribution in [-0.2, 0) is 4.74 Å². The van der Waals surface area contributed by atoms with E-state index in [1.54, 1.807) is 0 Å². The summed E-state index contributed by atoms with van der Waals surface area (Å²) >= 11 is 0. The van der Waals surface area contributed by atoms with Gasteiger partial charge >= 0.3 is 0 Å². The van der Waals surface area contributed by atoms with Crippen molar-refractivity contribution in [3.8, 4) is 0 Å². The monoisotopic (exact) mass is 185 g/mol. The second-order valence-corrected chi connectivity index (χ2v) is 4.43. The zero-order valence-electron chi connectivity index (χ0n) is 9.12. The zero-order chi connectivity index (χ0) is 9.84. The lowest BCUT2D eigenvalue weighted by Gasteiger charge is -2.21. The lowest BCUT2D eigenvalue weighted by Crippen LogP contribution is -2.30. The van der Waals surface area contributed by atoms with E-state index >= 15 is 0 Å². The SMILES string of the molecule is CCC(N)C(C)CC1CCC(C)O1. The summed E-state index contributed by atoms with van der Waals surface area (Å²) in [5, 5.41) is 0. The Labute approximate surface area is 81.8 Å². The summed E-state index contributed by atoms with van der Waals surface area (Å²) in [5.74, 6) is 0.597. The van der Waals surface area contributed by atoms with E-state index in [4.69, 9.17) is 10.5 Å². The largest absolute Gasteiger partial charge is 0.375 e. The molecule has 0 aromatic heterocycles. The zero-order valence-corrected chi connectivity index (χ0v) is 9.12. The molecule has 0 saturated carbocycles. The lowest BCUT2D eigenvalue weighted by atomic mass is 9.93. The van der Waals surface area contributed by atoms with Crippen molar-refractivity contribution in [1.29, 1.82) is 0 Å². The first-order chi connectivity index (χ1) is 6.13. The summed E-state index contributed by atoms with van der Waals surface area (Å²) in [6.07, 6.45) is 5.60. The minimum absolute atomic E-state index is 0.347. The first-order valence-corrected chi connectivity index (χ1v) is 5.54. The Morgan fingerprint density at radius 3 is 2.62 bits per heavy atom. The quantitative estimate of drug-likeness (QED) is 0.729. The third-order valence-corrected chi connectivity index (χ3v) is 3.16. The van der Waals surface area contributed by atoms with Gasteiger partial charge in [-0.2, -0.15) is 0 Å². The molecule has 0 radical (unpaired) electrons. The van der Waals surface area contributed by atoms with Crippen LogP contribution in [0.3, 0.4) is 0 Å². The Bertz CT molecular complexity index is 149. The van der Waals surface area contributed by atoms with Crippen LogP contribution in [-0.4, -0.2) is 18.2 Å². The molecule has 0 aromatic rings. The summed E-state index contributed by atoms with van der Waals surface area (Å²) in [4.78, 5) is 0. The molecule has 0 aromatic carbocycles. The maximum Gasteiger partial charge on any atom is 0.0582 e. The molecule has 1 aliphatic heterocycles. The van der Waals surface area contributed by atoms with Crippen molar-refractivity contribution in [3.05, 3.63) is 0 Å². The van der Waals surface area contributed by atoms with Crippen molar-refractivity contribution in [1.82, 2.24) is 0 Å². The lowest BCUT2D eigenvalue weighted by molar-refractivity contribution is 0.0399. The Kier molecular flexibility index (Phi) is 4.20. The van der Waals surface area contributed by atoms with Crippen LogP contribution in [0.5, 0.6) is 0 Å². The Balaban J connectivity index is 2.24. The summed E-state index contributed by atoms with van der Waals surface area (Å²) in [7, 11) is 0. The standard InChI is InChI=1S/C11H23NO/c1-4-11(12)8(2)7-10-6-5-9(3)13-10/h8-11H,4-7,12H2,1-3H3. The van der Waals surface area contributed by atoms with Gasteiger partial charge in [0.05, 0.1) is 12.2 Å². The summed E-state index contributed by atoms with van der Waals surface area (Å²) in [5.41, 5.74) is 5.97. The number of hydrogen-bond acceptors (Lipinski definition) is 2. The molecule has 78 valence electrons. The van der Waals surface area contributed by atoms with Gasteiger partial charge in [-0.15, -0.1) is 0 Å². The van der Waals surface area contributed by atoms with Gasteiger partial charge in [-0.3, -0.25) is 0 Å². The van der Waals surface area contributed by atoms with E-state index in [0.29, 0.717) is 24.2 Å².